The number of aliphatic hydroxyl groups is 1. The zero-order chi connectivity index (χ0) is 12.1. The first-order valence-corrected chi connectivity index (χ1v) is 6.60. The highest BCUT2D eigenvalue weighted by Crippen LogP contribution is 2.28. The van der Waals surface area contributed by atoms with E-state index in [1.165, 1.54) is 24.8 Å². The standard InChI is InChI=1S/C15H22O2/c1-17-14-7-4-5-12(11-14)9-10-13-6-2-3-8-15(13)16/h4-5,7,11,13,15-16H,2-3,6,8-10H2,1H3. The largest absolute Gasteiger partial charge is 0.497 e. The van der Waals surface area contributed by atoms with Gasteiger partial charge in [0.2, 0.25) is 0 Å². The lowest BCUT2D eigenvalue weighted by molar-refractivity contribution is 0.0655. The number of hydrogen-bond donors (Lipinski definition) is 1. The summed E-state index contributed by atoms with van der Waals surface area (Å²) in [5.41, 5.74) is 1.31. The monoisotopic (exact) mass is 234 g/mol. The van der Waals surface area contributed by atoms with Crippen LogP contribution in [0.3, 0.4) is 0 Å². The van der Waals surface area contributed by atoms with Crippen LogP contribution in [0.25, 0.3) is 0 Å². The van der Waals surface area contributed by atoms with Crippen molar-refractivity contribution >= 4 is 0 Å². The highest BCUT2D eigenvalue weighted by molar-refractivity contribution is 5.28. The van der Waals surface area contributed by atoms with Crippen LogP contribution < -0.4 is 4.74 Å². The maximum Gasteiger partial charge on any atom is 0.119 e. The Morgan fingerprint density at radius 2 is 2.12 bits per heavy atom. The first kappa shape index (κ1) is 12.4. The molecule has 17 heavy (non-hydrogen) atoms. The lowest BCUT2D eigenvalue weighted by Crippen LogP contribution is -2.24. The van der Waals surface area contributed by atoms with Crippen molar-refractivity contribution in [2.45, 2.75) is 44.6 Å². The Kier molecular flexibility index (Phi) is 4.43. The lowest BCUT2D eigenvalue weighted by atomic mass is 9.83. The molecule has 2 heteroatoms. The van der Waals surface area contributed by atoms with E-state index in [4.69, 9.17) is 4.74 Å². The van der Waals surface area contributed by atoms with Crippen molar-refractivity contribution in [2.75, 3.05) is 7.11 Å². The highest BCUT2D eigenvalue weighted by atomic mass is 16.5. The van der Waals surface area contributed by atoms with E-state index >= 15 is 0 Å². The molecular weight excluding hydrogens is 212 g/mol. The van der Waals surface area contributed by atoms with Crippen molar-refractivity contribution in [1.29, 1.82) is 0 Å². The van der Waals surface area contributed by atoms with Crippen molar-refractivity contribution < 1.29 is 9.84 Å². The molecule has 0 radical (unpaired) electrons. The second-order valence-electron chi connectivity index (χ2n) is 5.00. The number of benzene rings is 1. The fraction of sp³-hybridized carbons (Fsp3) is 0.600. The summed E-state index contributed by atoms with van der Waals surface area (Å²) in [4.78, 5) is 0. The quantitative estimate of drug-likeness (QED) is 0.867. The van der Waals surface area contributed by atoms with E-state index in [0.717, 1.165) is 25.0 Å². The van der Waals surface area contributed by atoms with Crippen LogP contribution in [-0.2, 0) is 6.42 Å². The maximum absolute atomic E-state index is 9.92. The molecule has 1 aromatic carbocycles. The summed E-state index contributed by atoms with van der Waals surface area (Å²) < 4.78 is 5.22. The number of ether oxygens (including phenoxy) is 1. The lowest BCUT2D eigenvalue weighted by Gasteiger charge is -2.27. The third kappa shape index (κ3) is 3.47. The molecule has 1 fully saturated rings. The molecule has 94 valence electrons. The molecule has 1 aromatic rings. The van der Waals surface area contributed by atoms with Crippen LogP contribution in [-0.4, -0.2) is 18.3 Å². The Bertz CT molecular complexity index is 349. The summed E-state index contributed by atoms with van der Waals surface area (Å²) in [7, 11) is 1.70. The Balaban J connectivity index is 1.88. The van der Waals surface area contributed by atoms with Gasteiger partial charge in [-0.25, -0.2) is 0 Å². The van der Waals surface area contributed by atoms with E-state index in [-0.39, 0.29) is 6.10 Å². The van der Waals surface area contributed by atoms with Gasteiger partial charge in [-0.15, -0.1) is 0 Å². The molecule has 2 unspecified atom stereocenters. The molecule has 1 N–H and O–H groups in total. The van der Waals surface area contributed by atoms with E-state index in [9.17, 15) is 5.11 Å². The molecule has 0 aromatic heterocycles. The Labute approximate surface area is 104 Å². The first-order chi connectivity index (χ1) is 8.29. The summed E-state index contributed by atoms with van der Waals surface area (Å²) in [6.45, 7) is 0. The Morgan fingerprint density at radius 1 is 1.29 bits per heavy atom. The number of hydrogen-bond acceptors (Lipinski definition) is 2. The Morgan fingerprint density at radius 3 is 2.88 bits per heavy atom. The predicted octanol–water partition coefficient (Wildman–Crippen LogP) is 3.18. The van der Waals surface area contributed by atoms with Crippen molar-refractivity contribution in [3.05, 3.63) is 29.8 Å². The molecule has 2 rings (SSSR count). The summed E-state index contributed by atoms with van der Waals surface area (Å²) in [5, 5.41) is 9.92. The topological polar surface area (TPSA) is 29.5 Å². The summed E-state index contributed by atoms with van der Waals surface area (Å²) in [6.07, 6.45) is 6.70. The average Bonchev–Trinajstić information content (AvgIpc) is 2.38. The SMILES string of the molecule is COc1cccc(CCC2CCCCC2O)c1. The smallest absolute Gasteiger partial charge is 0.119 e. The maximum atomic E-state index is 9.92. The van der Waals surface area contributed by atoms with E-state index in [1.807, 2.05) is 12.1 Å². The van der Waals surface area contributed by atoms with Crippen LogP contribution >= 0.6 is 0 Å². The fourth-order valence-electron chi connectivity index (χ4n) is 2.70. The van der Waals surface area contributed by atoms with E-state index in [2.05, 4.69) is 12.1 Å². The van der Waals surface area contributed by atoms with Crippen LogP contribution in [0.5, 0.6) is 5.75 Å². The summed E-state index contributed by atoms with van der Waals surface area (Å²) in [5.74, 6) is 1.42. The normalized spacial score (nSPS) is 24.6. The van der Waals surface area contributed by atoms with Crippen LogP contribution in [0.4, 0.5) is 0 Å². The van der Waals surface area contributed by atoms with Crippen molar-refractivity contribution in [3.63, 3.8) is 0 Å². The van der Waals surface area contributed by atoms with Gasteiger partial charge in [-0.05, 0) is 49.3 Å². The van der Waals surface area contributed by atoms with Gasteiger partial charge in [-0.3, -0.25) is 0 Å². The molecule has 1 saturated carbocycles. The number of aliphatic hydroxyl groups excluding tert-OH is 1. The number of methoxy groups -OCH3 is 1. The van der Waals surface area contributed by atoms with Gasteiger partial charge in [0.05, 0.1) is 13.2 Å². The molecule has 2 atom stereocenters. The van der Waals surface area contributed by atoms with E-state index < -0.39 is 0 Å². The Hall–Kier alpha value is -1.02. The minimum atomic E-state index is -0.0747. The molecule has 0 amide bonds. The van der Waals surface area contributed by atoms with Gasteiger partial charge in [0.15, 0.2) is 0 Å². The van der Waals surface area contributed by atoms with Crippen LogP contribution in [0, 0.1) is 5.92 Å². The highest BCUT2D eigenvalue weighted by Gasteiger charge is 2.22. The average molecular weight is 234 g/mol. The van der Waals surface area contributed by atoms with Crippen LogP contribution in [0.1, 0.15) is 37.7 Å². The molecule has 0 bridgehead atoms. The second kappa shape index (κ2) is 6.06. The van der Waals surface area contributed by atoms with Crippen molar-refractivity contribution in [3.8, 4) is 5.75 Å². The van der Waals surface area contributed by atoms with Crippen molar-refractivity contribution in [1.82, 2.24) is 0 Å². The van der Waals surface area contributed by atoms with E-state index in [1.54, 1.807) is 7.11 Å². The predicted molar refractivity (Wildman–Crippen MR) is 69.3 cm³/mol. The van der Waals surface area contributed by atoms with E-state index in [0.29, 0.717) is 5.92 Å². The third-order valence-corrected chi connectivity index (χ3v) is 3.81. The fourth-order valence-corrected chi connectivity index (χ4v) is 2.70. The summed E-state index contributed by atoms with van der Waals surface area (Å²) >= 11 is 0. The zero-order valence-electron chi connectivity index (χ0n) is 10.6. The number of rotatable bonds is 4. The molecule has 1 aliphatic carbocycles. The van der Waals surface area contributed by atoms with Gasteiger partial charge in [0.25, 0.3) is 0 Å². The zero-order valence-corrected chi connectivity index (χ0v) is 10.6. The molecule has 0 aliphatic heterocycles. The van der Waals surface area contributed by atoms with Crippen molar-refractivity contribution in [2.24, 2.45) is 5.92 Å². The minimum absolute atomic E-state index is 0.0747. The van der Waals surface area contributed by atoms with Gasteiger partial charge in [-0.2, -0.15) is 0 Å². The molecule has 0 heterocycles. The minimum Gasteiger partial charge on any atom is -0.497 e. The van der Waals surface area contributed by atoms with Crippen LogP contribution in [0.2, 0.25) is 0 Å². The van der Waals surface area contributed by atoms with Gasteiger partial charge >= 0.3 is 0 Å². The molecule has 0 spiro atoms. The molecule has 0 saturated heterocycles. The first-order valence-electron chi connectivity index (χ1n) is 6.60. The molecular formula is C15H22O2. The molecule has 1 aliphatic rings. The van der Waals surface area contributed by atoms with Gasteiger partial charge in [-0.1, -0.05) is 25.0 Å². The second-order valence-corrected chi connectivity index (χ2v) is 5.00. The third-order valence-electron chi connectivity index (χ3n) is 3.81. The summed E-state index contributed by atoms with van der Waals surface area (Å²) in [6, 6.07) is 8.23. The van der Waals surface area contributed by atoms with Gasteiger partial charge < -0.3 is 9.84 Å². The van der Waals surface area contributed by atoms with Gasteiger partial charge in [0.1, 0.15) is 5.75 Å². The van der Waals surface area contributed by atoms with Crippen LogP contribution in [0.15, 0.2) is 24.3 Å². The number of aryl methyl sites for hydroxylation is 1. The molecule has 2 nitrogen and oxygen atoms in total. The van der Waals surface area contributed by atoms with Gasteiger partial charge in [0, 0.05) is 0 Å².